The third kappa shape index (κ3) is 8.25. The Labute approximate surface area is 130 Å². The highest BCUT2D eigenvalue weighted by Gasteiger charge is 2.16. The number of H-pyrrole nitrogens is 1. The molecule has 1 rings (SSSR count). The fourth-order valence-corrected chi connectivity index (χ4v) is 1.77. The number of hydrogen-bond acceptors (Lipinski definition) is 5. The van der Waals surface area contributed by atoms with Crippen LogP contribution >= 0.6 is 0 Å². The summed E-state index contributed by atoms with van der Waals surface area (Å²) in [4.78, 5) is 31.5. The van der Waals surface area contributed by atoms with E-state index < -0.39 is 11.7 Å². The maximum absolute atomic E-state index is 11.6. The predicted octanol–water partition coefficient (Wildman–Crippen LogP) is 0.612. The SMILES string of the molecule is CC(C)(C)OC(=O)NCCN(CCC(N)=O)Cc1c[nH]cn1. The second kappa shape index (κ2) is 8.38. The first-order valence-corrected chi connectivity index (χ1v) is 7.21. The molecule has 124 valence electrons. The standard InChI is InChI=1S/C14H25N5O3/c1-14(2,3)22-13(21)17-5-7-19(6-4-12(15)20)9-11-8-16-10-18-11/h8,10H,4-7,9H2,1-3H3,(H2,15,20)(H,16,18)(H,17,21). The highest BCUT2D eigenvalue weighted by atomic mass is 16.6. The van der Waals surface area contributed by atoms with Crippen molar-refractivity contribution in [1.82, 2.24) is 20.2 Å². The van der Waals surface area contributed by atoms with Crippen molar-refractivity contribution in [3.05, 3.63) is 18.2 Å². The van der Waals surface area contributed by atoms with Crippen LogP contribution in [0.2, 0.25) is 0 Å². The van der Waals surface area contributed by atoms with Crippen molar-refractivity contribution in [2.45, 2.75) is 39.3 Å². The summed E-state index contributed by atoms with van der Waals surface area (Å²) >= 11 is 0. The van der Waals surface area contributed by atoms with Crippen molar-refractivity contribution in [3.63, 3.8) is 0 Å². The Morgan fingerprint density at radius 2 is 2.14 bits per heavy atom. The molecule has 4 N–H and O–H groups in total. The maximum Gasteiger partial charge on any atom is 0.407 e. The van der Waals surface area contributed by atoms with Crippen LogP contribution in [-0.4, -0.2) is 52.1 Å². The predicted molar refractivity (Wildman–Crippen MR) is 81.9 cm³/mol. The van der Waals surface area contributed by atoms with Gasteiger partial charge in [0.25, 0.3) is 0 Å². The van der Waals surface area contributed by atoms with Crippen LogP contribution in [0.5, 0.6) is 0 Å². The lowest BCUT2D eigenvalue weighted by atomic mass is 10.2. The number of imidazole rings is 1. The minimum Gasteiger partial charge on any atom is -0.444 e. The molecule has 2 amide bonds. The van der Waals surface area contributed by atoms with Gasteiger partial charge in [0.1, 0.15) is 5.60 Å². The zero-order valence-electron chi connectivity index (χ0n) is 13.4. The highest BCUT2D eigenvalue weighted by molar-refractivity contribution is 5.73. The lowest BCUT2D eigenvalue weighted by molar-refractivity contribution is -0.118. The van der Waals surface area contributed by atoms with Gasteiger partial charge in [0.15, 0.2) is 0 Å². The Morgan fingerprint density at radius 3 is 2.68 bits per heavy atom. The molecular weight excluding hydrogens is 286 g/mol. The van der Waals surface area contributed by atoms with Gasteiger partial charge < -0.3 is 20.8 Å². The van der Waals surface area contributed by atoms with Gasteiger partial charge in [-0.1, -0.05) is 0 Å². The maximum atomic E-state index is 11.6. The van der Waals surface area contributed by atoms with Gasteiger partial charge in [0.05, 0.1) is 12.0 Å². The topological polar surface area (TPSA) is 113 Å². The number of aromatic nitrogens is 2. The quantitative estimate of drug-likeness (QED) is 0.651. The number of ether oxygens (including phenoxy) is 1. The third-order valence-electron chi connectivity index (χ3n) is 2.71. The molecule has 1 aromatic rings. The number of amides is 2. The number of rotatable bonds is 8. The molecule has 22 heavy (non-hydrogen) atoms. The monoisotopic (exact) mass is 311 g/mol. The van der Waals surface area contributed by atoms with Gasteiger partial charge in [-0.05, 0) is 20.8 Å². The molecule has 0 fully saturated rings. The summed E-state index contributed by atoms with van der Waals surface area (Å²) in [7, 11) is 0. The zero-order valence-corrected chi connectivity index (χ0v) is 13.4. The first-order valence-electron chi connectivity index (χ1n) is 7.21. The van der Waals surface area contributed by atoms with Gasteiger partial charge in [0, 0.05) is 38.8 Å². The molecule has 0 atom stereocenters. The summed E-state index contributed by atoms with van der Waals surface area (Å²) in [5.41, 5.74) is 5.52. The third-order valence-corrected chi connectivity index (χ3v) is 2.71. The lowest BCUT2D eigenvalue weighted by Gasteiger charge is -2.22. The highest BCUT2D eigenvalue weighted by Crippen LogP contribution is 2.06. The van der Waals surface area contributed by atoms with Crippen molar-refractivity contribution in [1.29, 1.82) is 0 Å². The van der Waals surface area contributed by atoms with E-state index >= 15 is 0 Å². The molecule has 0 bridgehead atoms. The summed E-state index contributed by atoms with van der Waals surface area (Å²) in [6.45, 7) is 7.50. The van der Waals surface area contributed by atoms with E-state index in [4.69, 9.17) is 10.5 Å². The number of carbonyl (C=O) groups is 2. The molecule has 0 unspecified atom stereocenters. The van der Waals surface area contributed by atoms with Gasteiger partial charge in [0.2, 0.25) is 5.91 Å². The number of nitrogens with zero attached hydrogens (tertiary/aromatic N) is 2. The van der Waals surface area contributed by atoms with Crippen molar-refractivity contribution in [2.24, 2.45) is 5.73 Å². The van der Waals surface area contributed by atoms with Crippen LogP contribution in [0.4, 0.5) is 4.79 Å². The van der Waals surface area contributed by atoms with Crippen LogP contribution in [0.3, 0.4) is 0 Å². The van der Waals surface area contributed by atoms with Crippen molar-refractivity contribution >= 4 is 12.0 Å². The number of alkyl carbamates (subject to hydrolysis) is 1. The van der Waals surface area contributed by atoms with E-state index in [1.165, 1.54) is 0 Å². The fourth-order valence-electron chi connectivity index (χ4n) is 1.77. The number of carbonyl (C=O) groups excluding carboxylic acids is 2. The number of primary amides is 1. The summed E-state index contributed by atoms with van der Waals surface area (Å²) in [5.74, 6) is -0.355. The number of nitrogens with two attached hydrogens (primary N) is 1. The van der Waals surface area contributed by atoms with Crippen LogP contribution in [0, 0.1) is 0 Å². The van der Waals surface area contributed by atoms with Gasteiger partial charge in [-0.3, -0.25) is 9.69 Å². The van der Waals surface area contributed by atoms with Gasteiger partial charge in [-0.25, -0.2) is 9.78 Å². The minimum atomic E-state index is -0.523. The molecule has 0 aliphatic carbocycles. The summed E-state index contributed by atoms with van der Waals surface area (Å²) in [6.07, 6.45) is 3.19. The molecule has 0 saturated heterocycles. The molecule has 1 aromatic heterocycles. The van der Waals surface area contributed by atoms with Crippen molar-refractivity contribution in [2.75, 3.05) is 19.6 Å². The molecule has 0 radical (unpaired) electrons. The van der Waals surface area contributed by atoms with E-state index in [1.807, 2.05) is 25.7 Å². The van der Waals surface area contributed by atoms with Gasteiger partial charge in [-0.2, -0.15) is 0 Å². The first kappa shape index (κ1) is 18.0. The smallest absolute Gasteiger partial charge is 0.407 e. The second-order valence-electron chi connectivity index (χ2n) is 5.98. The number of aromatic amines is 1. The average molecular weight is 311 g/mol. The van der Waals surface area contributed by atoms with Gasteiger partial charge in [-0.15, -0.1) is 0 Å². The van der Waals surface area contributed by atoms with E-state index in [2.05, 4.69) is 15.3 Å². The van der Waals surface area contributed by atoms with Crippen LogP contribution in [0.25, 0.3) is 0 Å². The normalized spacial score (nSPS) is 11.5. The molecule has 8 nitrogen and oxygen atoms in total. The fraction of sp³-hybridized carbons (Fsp3) is 0.643. The minimum absolute atomic E-state index is 0.261. The Bertz CT molecular complexity index is 467. The molecular formula is C14H25N5O3. The van der Waals surface area contributed by atoms with Crippen LogP contribution in [-0.2, 0) is 16.1 Å². The molecule has 0 spiro atoms. The largest absolute Gasteiger partial charge is 0.444 e. The van der Waals surface area contributed by atoms with Gasteiger partial charge >= 0.3 is 6.09 Å². The van der Waals surface area contributed by atoms with E-state index in [1.54, 1.807) is 12.5 Å². The van der Waals surface area contributed by atoms with E-state index in [0.29, 0.717) is 26.2 Å². The van der Waals surface area contributed by atoms with Crippen LogP contribution < -0.4 is 11.1 Å². The molecule has 1 heterocycles. The van der Waals surface area contributed by atoms with E-state index in [-0.39, 0.29) is 12.3 Å². The Morgan fingerprint density at radius 1 is 1.41 bits per heavy atom. The van der Waals surface area contributed by atoms with E-state index in [9.17, 15) is 9.59 Å². The summed E-state index contributed by atoms with van der Waals surface area (Å²) in [5, 5.41) is 2.69. The Kier molecular flexibility index (Phi) is 6.84. The molecule has 8 heteroatoms. The Balaban J connectivity index is 2.40. The Hall–Kier alpha value is -2.09. The van der Waals surface area contributed by atoms with Crippen LogP contribution in [0.15, 0.2) is 12.5 Å². The molecule has 0 aromatic carbocycles. The molecule has 0 aliphatic heterocycles. The molecule has 0 aliphatic rings. The van der Waals surface area contributed by atoms with Crippen molar-refractivity contribution in [3.8, 4) is 0 Å². The summed E-state index contributed by atoms with van der Waals surface area (Å²) in [6, 6.07) is 0. The number of nitrogens with one attached hydrogen (secondary N) is 2. The molecule has 0 saturated carbocycles. The van der Waals surface area contributed by atoms with Crippen LogP contribution in [0.1, 0.15) is 32.9 Å². The number of hydrogen-bond donors (Lipinski definition) is 3. The summed E-state index contributed by atoms with van der Waals surface area (Å²) < 4.78 is 5.16. The lowest BCUT2D eigenvalue weighted by Crippen LogP contribution is -2.38. The second-order valence-corrected chi connectivity index (χ2v) is 5.98. The zero-order chi connectivity index (χ0) is 16.6. The van der Waals surface area contributed by atoms with E-state index in [0.717, 1.165) is 5.69 Å². The average Bonchev–Trinajstić information content (AvgIpc) is 2.86. The van der Waals surface area contributed by atoms with Crippen molar-refractivity contribution < 1.29 is 14.3 Å². The first-order chi connectivity index (χ1) is 10.3.